The second-order valence-corrected chi connectivity index (χ2v) is 4.19. The van der Waals surface area contributed by atoms with Crippen LogP contribution in [0.4, 0.5) is 10.5 Å². The Kier molecular flexibility index (Phi) is 3.96. The molecular weight excluding hydrogens is 260 g/mol. The van der Waals surface area contributed by atoms with E-state index in [2.05, 4.69) is 10.6 Å². The van der Waals surface area contributed by atoms with Gasteiger partial charge in [0.05, 0.1) is 18.2 Å². The minimum Gasteiger partial charge on any atom is -0.329 e. The van der Waals surface area contributed by atoms with Crippen LogP contribution in [0.1, 0.15) is 12.0 Å². The highest BCUT2D eigenvalue weighted by molar-refractivity contribution is 6.02. The Balaban J connectivity index is 1.85. The van der Waals surface area contributed by atoms with Crippen molar-refractivity contribution in [1.82, 2.24) is 10.2 Å². The van der Waals surface area contributed by atoms with Crippen LogP contribution in [-0.2, 0) is 9.59 Å². The molecule has 1 saturated heterocycles. The van der Waals surface area contributed by atoms with Gasteiger partial charge >= 0.3 is 6.03 Å². The van der Waals surface area contributed by atoms with Gasteiger partial charge in [0.2, 0.25) is 11.8 Å². The lowest BCUT2D eigenvalue weighted by atomic mass is 10.2. The molecule has 1 aliphatic heterocycles. The minimum absolute atomic E-state index is 0.0178. The summed E-state index contributed by atoms with van der Waals surface area (Å²) >= 11 is 0. The van der Waals surface area contributed by atoms with Crippen molar-refractivity contribution in [3.05, 3.63) is 29.8 Å². The Morgan fingerprint density at radius 1 is 1.35 bits per heavy atom. The number of rotatable bonds is 4. The third-order valence-corrected chi connectivity index (χ3v) is 2.80. The van der Waals surface area contributed by atoms with Gasteiger partial charge in [0.25, 0.3) is 0 Å². The fraction of sp³-hybridized carbons (Fsp3) is 0.231. The van der Waals surface area contributed by atoms with Gasteiger partial charge in [-0.25, -0.2) is 4.79 Å². The van der Waals surface area contributed by atoms with Crippen molar-refractivity contribution in [1.29, 1.82) is 5.26 Å². The summed E-state index contributed by atoms with van der Waals surface area (Å²) in [5, 5.41) is 13.7. The summed E-state index contributed by atoms with van der Waals surface area (Å²) in [6.07, 6.45) is 0.0269. The average molecular weight is 272 g/mol. The number of amides is 4. The van der Waals surface area contributed by atoms with Crippen molar-refractivity contribution < 1.29 is 14.4 Å². The maximum Gasteiger partial charge on any atom is 0.324 e. The van der Waals surface area contributed by atoms with Gasteiger partial charge in [-0.15, -0.1) is 0 Å². The van der Waals surface area contributed by atoms with E-state index in [1.54, 1.807) is 24.3 Å². The SMILES string of the molecule is N#Cc1ccc(NC(=O)CCN2C(=O)CNC2=O)cc1. The summed E-state index contributed by atoms with van der Waals surface area (Å²) in [5.74, 6) is -0.636. The predicted molar refractivity (Wildman–Crippen MR) is 69.5 cm³/mol. The molecular formula is C13H12N4O3. The number of anilines is 1. The minimum atomic E-state index is -0.471. The molecule has 20 heavy (non-hydrogen) atoms. The van der Waals surface area contributed by atoms with Gasteiger partial charge in [-0.2, -0.15) is 5.26 Å². The average Bonchev–Trinajstić information content (AvgIpc) is 2.77. The van der Waals surface area contributed by atoms with Crippen LogP contribution in [0.3, 0.4) is 0 Å². The molecule has 7 heteroatoms. The van der Waals surface area contributed by atoms with E-state index in [0.29, 0.717) is 11.3 Å². The fourth-order valence-electron chi connectivity index (χ4n) is 1.75. The third kappa shape index (κ3) is 3.11. The number of hydrogen-bond acceptors (Lipinski definition) is 4. The molecule has 0 saturated carbocycles. The molecule has 7 nitrogen and oxygen atoms in total. The van der Waals surface area contributed by atoms with Crippen LogP contribution < -0.4 is 10.6 Å². The maximum absolute atomic E-state index is 11.7. The molecule has 4 amide bonds. The van der Waals surface area contributed by atoms with Gasteiger partial charge in [0, 0.05) is 18.7 Å². The number of imide groups is 1. The number of urea groups is 1. The molecule has 0 aliphatic carbocycles. The van der Waals surface area contributed by atoms with Crippen molar-refractivity contribution in [2.24, 2.45) is 0 Å². The second kappa shape index (κ2) is 5.84. The van der Waals surface area contributed by atoms with E-state index in [9.17, 15) is 14.4 Å². The van der Waals surface area contributed by atoms with E-state index in [4.69, 9.17) is 5.26 Å². The summed E-state index contributed by atoms with van der Waals surface area (Å²) in [4.78, 5) is 35.3. The number of carbonyl (C=O) groups excluding carboxylic acids is 3. The number of carbonyl (C=O) groups is 3. The molecule has 0 unspecified atom stereocenters. The Morgan fingerprint density at radius 3 is 2.60 bits per heavy atom. The first kappa shape index (κ1) is 13.5. The van der Waals surface area contributed by atoms with Gasteiger partial charge in [0.1, 0.15) is 0 Å². The molecule has 0 atom stereocenters. The molecule has 0 bridgehead atoms. The normalized spacial score (nSPS) is 13.8. The highest BCUT2D eigenvalue weighted by Gasteiger charge is 2.28. The molecule has 0 spiro atoms. The van der Waals surface area contributed by atoms with Gasteiger partial charge < -0.3 is 10.6 Å². The van der Waals surface area contributed by atoms with Crippen molar-refractivity contribution in [3.8, 4) is 6.07 Å². The zero-order chi connectivity index (χ0) is 14.5. The maximum atomic E-state index is 11.7. The monoisotopic (exact) mass is 272 g/mol. The molecule has 102 valence electrons. The summed E-state index contributed by atoms with van der Waals surface area (Å²) in [7, 11) is 0. The second-order valence-electron chi connectivity index (χ2n) is 4.19. The van der Waals surface area contributed by atoms with Crippen LogP contribution in [-0.4, -0.2) is 35.8 Å². The molecule has 1 heterocycles. The van der Waals surface area contributed by atoms with Crippen LogP contribution >= 0.6 is 0 Å². The Labute approximate surface area is 115 Å². The van der Waals surface area contributed by atoms with E-state index in [1.165, 1.54) is 0 Å². The third-order valence-electron chi connectivity index (χ3n) is 2.80. The van der Waals surface area contributed by atoms with Crippen LogP contribution in [0.5, 0.6) is 0 Å². The van der Waals surface area contributed by atoms with E-state index in [1.807, 2.05) is 6.07 Å². The lowest BCUT2D eigenvalue weighted by Gasteiger charge is -2.12. The molecule has 2 N–H and O–H groups in total. The zero-order valence-corrected chi connectivity index (χ0v) is 10.5. The Bertz CT molecular complexity index is 573. The summed E-state index contributed by atoms with van der Waals surface area (Å²) in [5.41, 5.74) is 1.06. The lowest BCUT2D eigenvalue weighted by molar-refractivity contribution is -0.125. The first-order chi connectivity index (χ1) is 9.60. The number of benzene rings is 1. The van der Waals surface area contributed by atoms with E-state index >= 15 is 0 Å². The number of hydrogen-bond donors (Lipinski definition) is 2. The molecule has 1 aromatic rings. The lowest BCUT2D eigenvalue weighted by Crippen LogP contribution is -2.33. The first-order valence-corrected chi connectivity index (χ1v) is 5.98. The molecule has 0 aromatic heterocycles. The molecule has 1 aliphatic rings. The van der Waals surface area contributed by atoms with Crippen molar-refractivity contribution in [2.45, 2.75) is 6.42 Å². The van der Waals surface area contributed by atoms with Gasteiger partial charge in [0.15, 0.2) is 0 Å². The fourth-order valence-corrected chi connectivity index (χ4v) is 1.75. The highest BCUT2D eigenvalue weighted by Crippen LogP contribution is 2.09. The van der Waals surface area contributed by atoms with Gasteiger partial charge in [-0.3, -0.25) is 14.5 Å². The molecule has 1 aromatic carbocycles. The number of nitrogens with zero attached hydrogens (tertiary/aromatic N) is 2. The van der Waals surface area contributed by atoms with Crippen LogP contribution in [0.2, 0.25) is 0 Å². The predicted octanol–water partition coefficient (Wildman–Crippen LogP) is 0.439. The summed E-state index contributed by atoms with van der Waals surface area (Å²) in [6.45, 7) is 0.0306. The van der Waals surface area contributed by atoms with Gasteiger partial charge in [-0.1, -0.05) is 0 Å². The van der Waals surface area contributed by atoms with E-state index in [-0.39, 0.29) is 31.3 Å². The Morgan fingerprint density at radius 2 is 2.05 bits per heavy atom. The highest BCUT2D eigenvalue weighted by atomic mass is 16.2. The number of nitriles is 1. The van der Waals surface area contributed by atoms with Crippen molar-refractivity contribution in [3.63, 3.8) is 0 Å². The number of nitrogens with one attached hydrogen (secondary N) is 2. The Hall–Kier alpha value is -2.88. The van der Waals surface area contributed by atoms with Gasteiger partial charge in [-0.05, 0) is 24.3 Å². The molecule has 2 rings (SSSR count). The van der Waals surface area contributed by atoms with Crippen LogP contribution in [0.25, 0.3) is 0 Å². The summed E-state index contributed by atoms with van der Waals surface area (Å²) < 4.78 is 0. The standard InChI is InChI=1S/C13H12N4O3/c14-7-9-1-3-10(4-2-9)16-11(18)5-6-17-12(19)8-15-13(17)20/h1-4H,5-6,8H2,(H,15,20)(H,16,18). The molecule has 0 radical (unpaired) electrons. The van der Waals surface area contributed by atoms with E-state index < -0.39 is 6.03 Å². The first-order valence-electron chi connectivity index (χ1n) is 5.98. The van der Waals surface area contributed by atoms with Crippen molar-refractivity contribution >= 4 is 23.5 Å². The van der Waals surface area contributed by atoms with Crippen molar-refractivity contribution in [2.75, 3.05) is 18.4 Å². The largest absolute Gasteiger partial charge is 0.329 e. The zero-order valence-electron chi connectivity index (χ0n) is 10.5. The van der Waals surface area contributed by atoms with Crippen LogP contribution in [0.15, 0.2) is 24.3 Å². The summed E-state index contributed by atoms with van der Waals surface area (Å²) in [6, 6.07) is 7.92. The quantitative estimate of drug-likeness (QED) is 0.776. The topological polar surface area (TPSA) is 102 Å². The molecule has 1 fully saturated rings. The smallest absolute Gasteiger partial charge is 0.324 e. The van der Waals surface area contributed by atoms with E-state index in [0.717, 1.165) is 4.90 Å². The van der Waals surface area contributed by atoms with Crippen LogP contribution in [0, 0.1) is 11.3 Å².